The molecular weight excluding hydrogens is 421 g/mol. The number of hydrogen-bond acceptors (Lipinski definition) is 3. The van der Waals surface area contributed by atoms with Gasteiger partial charge in [0, 0.05) is 30.8 Å². The number of hydrogen-bond donors (Lipinski definition) is 1. The zero-order valence-corrected chi connectivity index (χ0v) is 16.6. The molecule has 1 N–H and O–H groups in total. The molecule has 4 rings (SSSR count). The van der Waals surface area contributed by atoms with Crippen LogP contribution in [0.5, 0.6) is 0 Å². The highest BCUT2D eigenvalue weighted by Gasteiger charge is 2.20. The van der Waals surface area contributed by atoms with Crippen molar-refractivity contribution in [3.63, 3.8) is 0 Å². The van der Waals surface area contributed by atoms with Gasteiger partial charge in [0.2, 0.25) is 0 Å². The third-order valence-corrected chi connectivity index (χ3v) is 5.20. The lowest BCUT2D eigenvalue weighted by atomic mass is 10.1. The van der Waals surface area contributed by atoms with Gasteiger partial charge in [-0.3, -0.25) is 4.79 Å². The van der Waals surface area contributed by atoms with Gasteiger partial charge in [-0.1, -0.05) is 35.3 Å². The number of rotatable bonds is 4. The SMILES string of the molecule is Cn1c(=O)c(-c2c(Cl)cccc2Cl)c2ncc(NCc3ccc(F)cc3F)cn21. The van der Waals surface area contributed by atoms with E-state index < -0.39 is 11.6 Å². The quantitative estimate of drug-likeness (QED) is 0.497. The summed E-state index contributed by atoms with van der Waals surface area (Å²) in [5.41, 5.74) is 1.63. The van der Waals surface area contributed by atoms with Crippen molar-refractivity contribution in [2.45, 2.75) is 6.54 Å². The number of fused-ring (bicyclic) bond motifs is 1. The van der Waals surface area contributed by atoms with Crippen LogP contribution in [-0.2, 0) is 13.6 Å². The van der Waals surface area contributed by atoms with E-state index in [4.69, 9.17) is 23.2 Å². The van der Waals surface area contributed by atoms with Gasteiger partial charge in [-0.05, 0) is 18.2 Å². The summed E-state index contributed by atoms with van der Waals surface area (Å²) < 4.78 is 29.8. The Bertz CT molecular complexity index is 1280. The van der Waals surface area contributed by atoms with E-state index in [0.29, 0.717) is 38.1 Å². The molecule has 9 heteroatoms. The Balaban J connectivity index is 1.74. The average Bonchev–Trinajstić information content (AvgIpc) is 2.92. The molecule has 0 aliphatic carbocycles. The highest BCUT2D eigenvalue weighted by molar-refractivity contribution is 6.39. The molecule has 0 unspecified atom stereocenters. The second-order valence-corrected chi connectivity index (χ2v) is 7.21. The molecule has 0 aliphatic rings. The van der Waals surface area contributed by atoms with E-state index in [1.54, 1.807) is 36.0 Å². The van der Waals surface area contributed by atoms with Crippen LogP contribution in [0.2, 0.25) is 10.0 Å². The van der Waals surface area contributed by atoms with Crippen molar-refractivity contribution < 1.29 is 8.78 Å². The molecule has 0 spiro atoms. The van der Waals surface area contributed by atoms with Gasteiger partial charge in [-0.15, -0.1) is 0 Å². The third-order valence-electron chi connectivity index (χ3n) is 4.57. The van der Waals surface area contributed by atoms with Crippen molar-refractivity contribution in [3.05, 3.63) is 86.4 Å². The minimum absolute atomic E-state index is 0.123. The Labute approximate surface area is 174 Å². The number of aryl methyl sites for hydroxylation is 1. The first-order valence-corrected chi connectivity index (χ1v) is 9.32. The van der Waals surface area contributed by atoms with E-state index in [1.807, 2.05) is 0 Å². The van der Waals surface area contributed by atoms with E-state index >= 15 is 0 Å². The molecule has 0 radical (unpaired) electrons. The molecule has 0 bridgehead atoms. The Hall–Kier alpha value is -2.90. The second kappa shape index (κ2) is 7.50. The van der Waals surface area contributed by atoms with Crippen LogP contribution >= 0.6 is 23.2 Å². The fourth-order valence-corrected chi connectivity index (χ4v) is 3.67. The first kappa shape index (κ1) is 19.4. The zero-order valence-electron chi connectivity index (χ0n) is 15.1. The predicted molar refractivity (Wildman–Crippen MR) is 110 cm³/mol. The number of halogens is 4. The third kappa shape index (κ3) is 3.47. The summed E-state index contributed by atoms with van der Waals surface area (Å²) in [5, 5.41) is 3.71. The number of aromatic nitrogens is 3. The number of nitrogens with one attached hydrogen (secondary N) is 1. The summed E-state index contributed by atoms with van der Waals surface area (Å²) in [7, 11) is 1.59. The van der Waals surface area contributed by atoms with Crippen molar-refractivity contribution in [1.29, 1.82) is 0 Å². The van der Waals surface area contributed by atoms with Crippen LogP contribution in [0.3, 0.4) is 0 Å². The summed E-state index contributed by atoms with van der Waals surface area (Å²) in [6.07, 6.45) is 3.17. The molecule has 0 aliphatic heterocycles. The van der Waals surface area contributed by atoms with Gasteiger partial charge >= 0.3 is 0 Å². The van der Waals surface area contributed by atoms with E-state index in [0.717, 1.165) is 6.07 Å². The van der Waals surface area contributed by atoms with E-state index in [-0.39, 0.29) is 12.1 Å². The zero-order chi connectivity index (χ0) is 20.7. The molecule has 0 amide bonds. The summed E-state index contributed by atoms with van der Waals surface area (Å²) in [6.45, 7) is 0.123. The first-order valence-electron chi connectivity index (χ1n) is 8.56. The standard InChI is InChI=1S/C20H14Cl2F2N4O/c1-27-20(29)18(17-14(21)3-2-4-15(17)22)19-26-9-13(10-28(19)27)25-8-11-5-6-12(23)7-16(11)24/h2-7,9-10,25H,8H2,1H3. The highest BCUT2D eigenvalue weighted by atomic mass is 35.5. The summed E-state index contributed by atoms with van der Waals surface area (Å²) in [5.74, 6) is -1.28. The first-order chi connectivity index (χ1) is 13.9. The molecule has 148 valence electrons. The molecule has 2 aromatic heterocycles. The Kier molecular flexibility index (Phi) is 5.02. The van der Waals surface area contributed by atoms with Crippen molar-refractivity contribution in [1.82, 2.24) is 14.2 Å². The molecule has 2 aromatic carbocycles. The van der Waals surface area contributed by atoms with Crippen LogP contribution in [0.15, 0.2) is 53.6 Å². The second-order valence-electron chi connectivity index (χ2n) is 6.40. The fraction of sp³-hybridized carbons (Fsp3) is 0.100. The average molecular weight is 435 g/mol. The van der Waals surface area contributed by atoms with Gasteiger partial charge in [0.25, 0.3) is 5.56 Å². The molecule has 4 aromatic rings. The predicted octanol–water partition coefficient (Wildman–Crippen LogP) is 4.90. The van der Waals surface area contributed by atoms with E-state index in [1.165, 1.54) is 23.0 Å². The van der Waals surface area contributed by atoms with Gasteiger partial charge < -0.3 is 5.32 Å². The van der Waals surface area contributed by atoms with E-state index in [2.05, 4.69) is 10.3 Å². The van der Waals surface area contributed by atoms with Crippen molar-refractivity contribution in [2.24, 2.45) is 7.05 Å². The van der Waals surface area contributed by atoms with Crippen LogP contribution in [-0.4, -0.2) is 14.2 Å². The number of anilines is 1. The molecule has 0 saturated heterocycles. The number of benzene rings is 2. The van der Waals surface area contributed by atoms with Gasteiger partial charge in [-0.2, -0.15) is 0 Å². The molecule has 5 nitrogen and oxygen atoms in total. The number of nitrogens with zero attached hydrogens (tertiary/aromatic N) is 3. The maximum Gasteiger partial charge on any atom is 0.277 e. The minimum atomic E-state index is -0.643. The highest BCUT2D eigenvalue weighted by Crippen LogP contribution is 2.34. The van der Waals surface area contributed by atoms with Gasteiger partial charge in [0.15, 0.2) is 5.65 Å². The lowest BCUT2D eigenvalue weighted by Crippen LogP contribution is -2.16. The fourth-order valence-electron chi connectivity index (χ4n) is 3.09. The molecule has 0 saturated carbocycles. The largest absolute Gasteiger partial charge is 0.378 e. The van der Waals surface area contributed by atoms with Crippen LogP contribution in [0.1, 0.15) is 5.56 Å². The maximum atomic E-state index is 13.8. The molecule has 0 atom stereocenters. The van der Waals surface area contributed by atoms with Gasteiger partial charge in [0.05, 0.1) is 33.7 Å². The Morgan fingerprint density at radius 1 is 1.10 bits per heavy atom. The van der Waals surface area contributed by atoms with Crippen molar-refractivity contribution >= 4 is 34.5 Å². The van der Waals surface area contributed by atoms with Gasteiger partial charge in [0.1, 0.15) is 11.6 Å². The Morgan fingerprint density at radius 2 is 1.83 bits per heavy atom. The summed E-state index contributed by atoms with van der Waals surface area (Å²) in [6, 6.07) is 8.38. The van der Waals surface area contributed by atoms with Crippen LogP contribution in [0.4, 0.5) is 14.5 Å². The van der Waals surface area contributed by atoms with E-state index in [9.17, 15) is 13.6 Å². The normalized spacial score (nSPS) is 11.2. The summed E-state index contributed by atoms with van der Waals surface area (Å²) >= 11 is 12.6. The molecular formula is C20H14Cl2F2N4O. The smallest absolute Gasteiger partial charge is 0.277 e. The maximum absolute atomic E-state index is 13.8. The lowest BCUT2D eigenvalue weighted by Gasteiger charge is -2.09. The molecule has 29 heavy (non-hydrogen) atoms. The van der Waals surface area contributed by atoms with Gasteiger partial charge in [-0.25, -0.2) is 23.0 Å². The topological polar surface area (TPSA) is 51.3 Å². The monoisotopic (exact) mass is 434 g/mol. The van der Waals surface area contributed by atoms with Crippen molar-refractivity contribution in [2.75, 3.05) is 5.32 Å². The van der Waals surface area contributed by atoms with Crippen LogP contribution in [0.25, 0.3) is 16.8 Å². The van der Waals surface area contributed by atoms with Crippen LogP contribution in [0, 0.1) is 11.6 Å². The lowest BCUT2D eigenvalue weighted by molar-refractivity contribution is 0.574. The molecule has 0 fully saturated rings. The Morgan fingerprint density at radius 3 is 2.52 bits per heavy atom. The minimum Gasteiger partial charge on any atom is -0.378 e. The van der Waals surface area contributed by atoms with Crippen molar-refractivity contribution in [3.8, 4) is 11.1 Å². The summed E-state index contributed by atoms with van der Waals surface area (Å²) in [4.78, 5) is 17.2. The molecule has 2 heterocycles. The van der Waals surface area contributed by atoms with Crippen LogP contribution < -0.4 is 10.9 Å².